The third-order valence-corrected chi connectivity index (χ3v) is 3.72. The third-order valence-electron chi connectivity index (χ3n) is 3.72. The molecule has 1 aromatic heterocycles. The number of ether oxygens (including phenoxy) is 4. The van der Waals surface area contributed by atoms with E-state index in [1.54, 1.807) is 4.57 Å². The van der Waals surface area contributed by atoms with Gasteiger partial charge in [0.15, 0.2) is 12.0 Å². The van der Waals surface area contributed by atoms with Crippen molar-refractivity contribution >= 4 is 18.2 Å². The van der Waals surface area contributed by atoms with Gasteiger partial charge in [-0.05, 0) is 13.8 Å². The SMILES string of the molecule is CC(=O)OC[C@H]1O[C@@H](n2cncc2NC=O)[C@@H]2OC(C)(C)O[C@@H]21. The Morgan fingerprint density at radius 3 is 2.91 bits per heavy atom. The molecule has 23 heavy (non-hydrogen) atoms. The van der Waals surface area contributed by atoms with Gasteiger partial charge >= 0.3 is 5.97 Å². The third kappa shape index (κ3) is 3.07. The predicted molar refractivity (Wildman–Crippen MR) is 76.3 cm³/mol. The van der Waals surface area contributed by atoms with E-state index in [-0.39, 0.29) is 12.7 Å². The van der Waals surface area contributed by atoms with Crippen LogP contribution in [0.25, 0.3) is 0 Å². The molecule has 3 rings (SSSR count). The Labute approximate surface area is 132 Å². The van der Waals surface area contributed by atoms with Crippen LogP contribution >= 0.6 is 0 Å². The maximum Gasteiger partial charge on any atom is 0.302 e. The molecule has 4 atom stereocenters. The highest BCUT2D eigenvalue weighted by Gasteiger charge is 2.56. The molecule has 2 saturated heterocycles. The average molecular weight is 325 g/mol. The number of fused-ring (bicyclic) bond motifs is 1. The van der Waals surface area contributed by atoms with E-state index in [9.17, 15) is 9.59 Å². The number of imidazole rings is 1. The van der Waals surface area contributed by atoms with E-state index in [1.807, 2.05) is 13.8 Å². The lowest BCUT2D eigenvalue weighted by molar-refractivity contribution is -0.202. The normalized spacial score (nSPS) is 31.6. The molecule has 2 fully saturated rings. The van der Waals surface area contributed by atoms with E-state index in [0.29, 0.717) is 12.2 Å². The van der Waals surface area contributed by atoms with Gasteiger partial charge in [-0.1, -0.05) is 0 Å². The molecule has 0 aliphatic carbocycles. The van der Waals surface area contributed by atoms with Gasteiger partial charge in [-0.25, -0.2) is 4.98 Å². The van der Waals surface area contributed by atoms with Crippen molar-refractivity contribution < 1.29 is 28.5 Å². The number of nitrogens with zero attached hydrogens (tertiary/aromatic N) is 2. The van der Waals surface area contributed by atoms with Crippen LogP contribution in [-0.4, -0.2) is 52.6 Å². The Morgan fingerprint density at radius 2 is 2.22 bits per heavy atom. The van der Waals surface area contributed by atoms with Crippen molar-refractivity contribution in [3.05, 3.63) is 12.5 Å². The molecule has 1 amide bonds. The Morgan fingerprint density at radius 1 is 1.48 bits per heavy atom. The number of rotatable bonds is 5. The molecule has 2 aliphatic heterocycles. The van der Waals surface area contributed by atoms with Crippen LogP contribution in [0.4, 0.5) is 5.82 Å². The smallest absolute Gasteiger partial charge is 0.302 e. The fourth-order valence-electron chi connectivity index (χ4n) is 2.90. The lowest BCUT2D eigenvalue weighted by atomic mass is 10.1. The van der Waals surface area contributed by atoms with Gasteiger partial charge in [0.1, 0.15) is 30.7 Å². The summed E-state index contributed by atoms with van der Waals surface area (Å²) >= 11 is 0. The summed E-state index contributed by atoms with van der Waals surface area (Å²) in [5.41, 5.74) is 0. The molecule has 0 saturated carbocycles. The molecular formula is C14H19N3O6. The molecule has 0 spiro atoms. The van der Waals surface area contributed by atoms with Crippen molar-refractivity contribution in [2.24, 2.45) is 0 Å². The summed E-state index contributed by atoms with van der Waals surface area (Å²) in [4.78, 5) is 25.8. The topological polar surface area (TPSA) is 101 Å². The van der Waals surface area contributed by atoms with Crippen LogP contribution in [-0.2, 0) is 28.5 Å². The van der Waals surface area contributed by atoms with Crippen molar-refractivity contribution in [1.29, 1.82) is 0 Å². The Kier molecular flexibility index (Phi) is 4.09. The summed E-state index contributed by atoms with van der Waals surface area (Å²) in [6.45, 7) is 5.02. The second-order valence-electron chi connectivity index (χ2n) is 5.88. The first-order valence-electron chi connectivity index (χ1n) is 7.28. The minimum absolute atomic E-state index is 0.0670. The van der Waals surface area contributed by atoms with E-state index in [0.717, 1.165) is 0 Å². The molecule has 0 unspecified atom stereocenters. The molecule has 1 N–H and O–H groups in total. The summed E-state index contributed by atoms with van der Waals surface area (Å²) in [5, 5.41) is 2.56. The number of esters is 1. The molecule has 1 aromatic rings. The van der Waals surface area contributed by atoms with Gasteiger partial charge in [0, 0.05) is 6.92 Å². The van der Waals surface area contributed by atoms with E-state index >= 15 is 0 Å². The molecule has 0 aromatic carbocycles. The van der Waals surface area contributed by atoms with Crippen LogP contribution in [0.3, 0.4) is 0 Å². The maximum absolute atomic E-state index is 11.1. The molecule has 9 nitrogen and oxygen atoms in total. The summed E-state index contributed by atoms with van der Waals surface area (Å²) in [6.07, 6.45) is 1.79. The monoisotopic (exact) mass is 325 g/mol. The second-order valence-corrected chi connectivity index (χ2v) is 5.88. The standard InChI is InChI=1S/C14H19N3O6/c1-8(19)20-5-9-11-12(23-14(2,3)22-11)13(21-9)17-6-15-4-10(17)16-7-18/h4,6-7,9,11-13H,5H2,1-3H3,(H,16,18)/t9-,11-,12-,13-/m1/s1. The summed E-state index contributed by atoms with van der Waals surface area (Å²) in [5.74, 6) is -0.687. The van der Waals surface area contributed by atoms with Crippen molar-refractivity contribution in [3.8, 4) is 0 Å². The van der Waals surface area contributed by atoms with Crippen LogP contribution in [0.1, 0.15) is 27.0 Å². The first kappa shape index (κ1) is 15.9. The fraction of sp³-hybridized carbons (Fsp3) is 0.643. The van der Waals surface area contributed by atoms with Gasteiger partial charge < -0.3 is 24.3 Å². The van der Waals surface area contributed by atoms with Crippen LogP contribution in [0.15, 0.2) is 12.5 Å². The predicted octanol–water partition coefficient (Wildman–Crippen LogP) is 0.432. The van der Waals surface area contributed by atoms with Crippen LogP contribution in [0.5, 0.6) is 0 Å². The number of aromatic nitrogens is 2. The van der Waals surface area contributed by atoms with Gasteiger partial charge in [0.05, 0.1) is 12.5 Å². The van der Waals surface area contributed by atoms with E-state index in [2.05, 4.69) is 10.3 Å². The highest BCUT2D eigenvalue weighted by Crippen LogP contribution is 2.43. The van der Waals surface area contributed by atoms with Gasteiger partial charge in [-0.3, -0.25) is 14.2 Å². The Bertz CT molecular complexity index is 601. The van der Waals surface area contributed by atoms with Crippen LogP contribution in [0, 0.1) is 0 Å². The highest BCUT2D eigenvalue weighted by atomic mass is 16.8. The molecule has 0 radical (unpaired) electrons. The maximum atomic E-state index is 11.1. The van der Waals surface area contributed by atoms with E-state index in [4.69, 9.17) is 18.9 Å². The van der Waals surface area contributed by atoms with E-state index < -0.39 is 30.2 Å². The molecule has 126 valence electrons. The van der Waals surface area contributed by atoms with Gasteiger partial charge in [-0.2, -0.15) is 0 Å². The van der Waals surface area contributed by atoms with Gasteiger partial charge in [0.25, 0.3) is 0 Å². The van der Waals surface area contributed by atoms with Crippen LogP contribution in [0.2, 0.25) is 0 Å². The van der Waals surface area contributed by atoms with Gasteiger partial charge in [0.2, 0.25) is 6.41 Å². The van der Waals surface area contributed by atoms with Crippen molar-refractivity contribution in [3.63, 3.8) is 0 Å². The van der Waals surface area contributed by atoms with Crippen molar-refractivity contribution in [2.45, 2.75) is 51.1 Å². The zero-order chi connectivity index (χ0) is 16.6. The summed E-state index contributed by atoms with van der Waals surface area (Å²) in [6, 6.07) is 0. The molecule has 9 heteroatoms. The number of hydrogen-bond donors (Lipinski definition) is 1. The number of amides is 1. The zero-order valence-electron chi connectivity index (χ0n) is 13.1. The largest absolute Gasteiger partial charge is 0.463 e. The minimum Gasteiger partial charge on any atom is -0.463 e. The van der Waals surface area contributed by atoms with Crippen LogP contribution < -0.4 is 5.32 Å². The second kappa shape index (κ2) is 5.91. The minimum atomic E-state index is -0.773. The van der Waals surface area contributed by atoms with E-state index in [1.165, 1.54) is 19.4 Å². The summed E-state index contributed by atoms with van der Waals surface area (Å²) < 4.78 is 24.5. The first-order chi connectivity index (χ1) is 10.9. The number of carbonyl (C=O) groups excluding carboxylic acids is 2. The number of hydrogen-bond acceptors (Lipinski definition) is 7. The Hall–Kier alpha value is -1.97. The quantitative estimate of drug-likeness (QED) is 0.619. The van der Waals surface area contributed by atoms with Gasteiger partial charge in [-0.15, -0.1) is 0 Å². The number of carbonyl (C=O) groups is 2. The first-order valence-corrected chi connectivity index (χ1v) is 7.28. The molecule has 0 bridgehead atoms. The Balaban J connectivity index is 1.84. The zero-order valence-corrected chi connectivity index (χ0v) is 13.1. The number of nitrogens with one attached hydrogen (secondary N) is 1. The summed E-state index contributed by atoms with van der Waals surface area (Å²) in [7, 11) is 0. The average Bonchev–Trinajstić information content (AvgIpc) is 3.10. The van der Waals surface area contributed by atoms with Crippen molar-refractivity contribution in [2.75, 3.05) is 11.9 Å². The lowest BCUT2D eigenvalue weighted by Crippen LogP contribution is -2.33. The highest BCUT2D eigenvalue weighted by molar-refractivity contribution is 5.68. The fourth-order valence-corrected chi connectivity index (χ4v) is 2.90. The van der Waals surface area contributed by atoms with Crippen molar-refractivity contribution in [1.82, 2.24) is 9.55 Å². The lowest BCUT2D eigenvalue weighted by Gasteiger charge is -2.25. The molecule has 2 aliphatic rings. The number of anilines is 1. The molecular weight excluding hydrogens is 306 g/mol. The molecule has 3 heterocycles.